The Morgan fingerprint density at radius 1 is 0.886 bits per heavy atom. The largest absolute Gasteiger partial charge is 0.460 e. The molecule has 2 atom stereocenters. The van der Waals surface area contributed by atoms with Crippen LogP contribution in [-0.4, -0.2) is 95.9 Å². The molecule has 2 saturated carbocycles. The first-order valence-corrected chi connectivity index (χ1v) is 15.6. The van der Waals surface area contributed by atoms with E-state index in [-0.39, 0.29) is 24.9 Å². The van der Waals surface area contributed by atoms with Crippen LogP contribution in [0.3, 0.4) is 0 Å². The monoisotopic (exact) mass is 614 g/mol. The molecule has 0 heterocycles. The summed E-state index contributed by atoms with van der Waals surface area (Å²) in [4.78, 5) is 71.7. The molecule has 244 valence electrons. The number of nitrogens with one attached hydrogen (secondary N) is 1. The molecule has 0 aromatic heterocycles. The number of carbonyl (C=O) groups is 5. The lowest BCUT2D eigenvalue weighted by molar-refractivity contribution is -0.161. The molecule has 2 aliphatic carbocycles. The Morgan fingerprint density at radius 2 is 1.48 bits per heavy atom. The first-order valence-electron chi connectivity index (χ1n) is 15.6. The Bertz CT molecular complexity index is 1170. The maximum absolute atomic E-state index is 14.3. The number of ether oxygens (including phenoxy) is 2. The van der Waals surface area contributed by atoms with Crippen molar-refractivity contribution in [3.05, 3.63) is 35.9 Å². The minimum atomic E-state index is -1.20. The third kappa shape index (κ3) is 8.95. The van der Waals surface area contributed by atoms with Crippen LogP contribution in [0.4, 0.5) is 4.79 Å². The van der Waals surface area contributed by atoms with Crippen molar-refractivity contribution < 1.29 is 33.4 Å². The zero-order valence-corrected chi connectivity index (χ0v) is 27.4. The Labute approximate surface area is 261 Å². The van der Waals surface area contributed by atoms with Gasteiger partial charge >= 0.3 is 12.1 Å². The Balaban J connectivity index is 1.85. The van der Waals surface area contributed by atoms with Crippen molar-refractivity contribution in [3.8, 4) is 0 Å². The SMILES string of the molecule is CN(C)C(=O)[C@H](CC(=O)OC(C)(C)C)N(C)C(=O)[C@H](C1CCCC1)N(C)C(=O)C1(NC(=O)OCc2ccccc2)CCCC1. The lowest BCUT2D eigenvalue weighted by Gasteiger charge is -2.41. The fourth-order valence-corrected chi connectivity index (χ4v) is 6.34. The van der Waals surface area contributed by atoms with E-state index >= 15 is 0 Å². The predicted molar refractivity (Wildman–Crippen MR) is 165 cm³/mol. The minimum Gasteiger partial charge on any atom is -0.460 e. The van der Waals surface area contributed by atoms with Crippen molar-refractivity contribution in [1.29, 1.82) is 0 Å². The van der Waals surface area contributed by atoms with Crippen molar-refractivity contribution in [2.24, 2.45) is 5.92 Å². The van der Waals surface area contributed by atoms with Gasteiger partial charge < -0.3 is 29.5 Å². The number of nitrogens with zero attached hydrogens (tertiary/aromatic N) is 3. The number of hydrogen-bond acceptors (Lipinski definition) is 7. The summed E-state index contributed by atoms with van der Waals surface area (Å²) in [5.41, 5.74) is -1.13. The average molecular weight is 615 g/mol. The minimum absolute atomic E-state index is 0.0691. The first kappa shape index (κ1) is 34.9. The zero-order chi connectivity index (χ0) is 32.7. The van der Waals surface area contributed by atoms with E-state index in [4.69, 9.17) is 9.47 Å². The van der Waals surface area contributed by atoms with Crippen LogP contribution in [0, 0.1) is 5.92 Å². The van der Waals surface area contributed by atoms with Gasteiger partial charge in [-0.05, 0) is 57.9 Å². The molecule has 2 fully saturated rings. The number of rotatable bonds is 11. The van der Waals surface area contributed by atoms with Crippen LogP contribution in [0.15, 0.2) is 30.3 Å². The summed E-state index contributed by atoms with van der Waals surface area (Å²) >= 11 is 0. The van der Waals surface area contributed by atoms with E-state index in [2.05, 4.69) is 5.32 Å². The molecule has 11 nitrogen and oxygen atoms in total. The standard InChI is InChI=1S/C33H50N4O7/c1-32(2,3)44-26(38)21-25(28(39)35(4)5)36(6)29(40)27(24-17-11-12-18-24)37(7)30(41)33(19-13-14-20-33)34-31(42)43-22-23-15-9-8-10-16-23/h8-10,15-16,24-25,27H,11-14,17-22H2,1-7H3,(H,34,42)/t25-,27-/m0/s1. The fourth-order valence-electron chi connectivity index (χ4n) is 6.34. The number of esters is 1. The number of hydrogen-bond donors (Lipinski definition) is 1. The second kappa shape index (κ2) is 14.9. The Kier molecular flexibility index (Phi) is 11.8. The second-order valence-electron chi connectivity index (χ2n) is 13.4. The van der Waals surface area contributed by atoms with Crippen LogP contribution in [0.2, 0.25) is 0 Å². The van der Waals surface area contributed by atoms with E-state index in [1.165, 1.54) is 21.7 Å². The van der Waals surface area contributed by atoms with E-state index in [9.17, 15) is 24.0 Å². The predicted octanol–water partition coefficient (Wildman–Crippen LogP) is 3.89. The molecule has 2 aliphatic rings. The normalized spacial score (nSPS) is 17.7. The quantitative estimate of drug-likeness (QED) is 0.375. The van der Waals surface area contributed by atoms with Crippen LogP contribution in [0.1, 0.15) is 84.1 Å². The fraction of sp³-hybridized carbons (Fsp3) is 0.667. The van der Waals surface area contributed by atoms with Crippen molar-refractivity contribution in [2.45, 2.75) is 108 Å². The third-order valence-corrected chi connectivity index (χ3v) is 8.58. The second-order valence-corrected chi connectivity index (χ2v) is 13.4. The number of likely N-dealkylation sites (N-methyl/N-ethyl adjacent to an activating group) is 3. The molecule has 44 heavy (non-hydrogen) atoms. The molecule has 4 amide bonds. The molecular weight excluding hydrogens is 564 g/mol. The van der Waals surface area contributed by atoms with Gasteiger partial charge in [0.05, 0.1) is 6.42 Å². The van der Waals surface area contributed by atoms with Gasteiger partial charge in [-0.3, -0.25) is 19.2 Å². The Hall–Kier alpha value is -3.63. The van der Waals surface area contributed by atoms with Crippen LogP contribution >= 0.6 is 0 Å². The lowest BCUT2D eigenvalue weighted by Crippen LogP contribution is -2.63. The lowest BCUT2D eigenvalue weighted by atomic mass is 9.90. The summed E-state index contributed by atoms with van der Waals surface area (Å²) in [5, 5.41) is 2.86. The third-order valence-electron chi connectivity index (χ3n) is 8.58. The van der Waals surface area contributed by atoms with Gasteiger partial charge in [-0.25, -0.2) is 4.79 Å². The molecule has 0 radical (unpaired) electrons. The molecule has 3 rings (SSSR count). The molecule has 1 aromatic rings. The molecule has 0 unspecified atom stereocenters. The zero-order valence-electron chi connectivity index (χ0n) is 27.4. The van der Waals surface area contributed by atoms with Gasteiger partial charge in [-0.1, -0.05) is 56.0 Å². The maximum atomic E-state index is 14.3. The topological polar surface area (TPSA) is 126 Å². The van der Waals surface area contributed by atoms with E-state index in [0.717, 1.165) is 44.1 Å². The van der Waals surface area contributed by atoms with Gasteiger partial charge in [-0.2, -0.15) is 0 Å². The van der Waals surface area contributed by atoms with Crippen molar-refractivity contribution >= 4 is 29.8 Å². The average Bonchev–Trinajstić information content (AvgIpc) is 3.67. The molecule has 1 aromatic carbocycles. The van der Waals surface area contributed by atoms with Crippen LogP contribution in [0.5, 0.6) is 0 Å². The molecule has 1 N–H and O–H groups in total. The van der Waals surface area contributed by atoms with Crippen LogP contribution in [0.25, 0.3) is 0 Å². The molecule has 0 aliphatic heterocycles. The molecule has 0 saturated heterocycles. The highest BCUT2D eigenvalue weighted by Gasteiger charge is 2.49. The van der Waals surface area contributed by atoms with Crippen molar-refractivity contribution in [1.82, 2.24) is 20.0 Å². The first-order chi connectivity index (χ1) is 20.6. The van der Waals surface area contributed by atoms with E-state index in [0.29, 0.717) is 12.8 Å². The van der Waals surface area contributed by atoms with Gasteiger partial charge in [0.15, 0.2) is 0 Å². The Morgan fingerprint density at radius 3 is 2.02 bits per heavy atom. The summed E-state index contributed by atoms with van der Waals surface area (Å²) in [6.07, 6.45) is 4.69. The van der Waals surface area contributed by atoms with Crippen LogP contribution in [-0.2, 0) is 35.3 Å². The number of carbonyl (C=O) groups excluding carboxylic acids is 5. The molecule has 0 spiro atoms. The van der Waals surface area contributed by atoms with E-state index in [1.807, 2.05) is 30.3 Å². The number of alkyl carbamates (subject to hydrolysis) is 1. The summed E-state index contributed by atoms with van der Waals surface area (Å²) < 4.78 is 10.9. The number of amides is 4. The van der Waals surface area contributed by atoms with Gasteiger partial charge in [0.1, 0.15) is 29.8 Å². The van der Waals surface area contributed by atoms with E-state index < -0.39 is 47.1 Å². The van der Waals surface area contributed by atoms with Gasteiger partial charge in [-0.15, -0.1) is 0 Å². The summed E-state index contributed by atoms with van der Waals surface area (Å²) in [6.45, 7) is 5.29. The highest BCUT2D eigenvalue weighted by Crippen LogP contribution is 2.36. The maximum Gasteiger partial charge on any atom is 0.408 e. The number of benzene rings is 1. The summed E-state index contributed by atoms with van der Waals surface area (Å²) in [7, 11) is 6.24. The molecule has 0 bridgehead atoms. The van der Waals surface area contributed by atoms with Crippen molar-refractivity contribution in [2.75, 3.05) is 28.2 Å². The van der Waals surface area contributed by atoms with Gasteiger partial charge in [0.2, 0.25) is 17.7 Å². The van der Waals surface area contributed by atoms with Crippen molar-refractivity contribution in [3.63, 3.8) is 0 Å². The highest BCUT2D eigenvalue weighted by molar-refractivity contribution is 5.96. The smallest absolute Gasteiger partial charge is 0.408 e. The summed E-state index contributed by atoms with van der Waals surface area (Å²) in [5.74, 6) is -1.91. The van der Waals surface area contributed by atoms with Crippen LogP contribution < -0.4 is 5.32 Å². The van der Waals surface area contributed by atoms with E-state index in [1.54, 1.807) is 41.9 Å². The molecular formula is C33H50N4O7. The molecule has 11 heteroatoms. The highest BCUT2D eigenvalue weighted by atomic mass is 16.6. The van der Waals surface area contributed by atoms with Gasteiger partial charge in [0, 0.05) is 28.2 Å². The summed E-state index contributed by atoms with van der Waals surface area (Å²) in [6, 6.07) is 7.31. The van der Waals surface area contributed by atoms with Gasteiger partial charge in [0.25, 0.3) is 0 Å².